The van der Waals surface area contributed by atoms with Crippen molar-refractivity contribution in [3.63, 3.8) is 0 Å². The smallest absolute Gasteiger partial charge is 0.142 e. The average Bonchev–Trinajstić information content (AvgIpc) is 2.44. The molecule has 0 bridgehead atoms. The molecular formula is C16H25N3O. The van der Waals surface area contributed by atoms with Crippen LogP contribution < -0.4 is 10.1 Å². The quantitative estimate of drug-likeness (QED) is 0.892. The van der Waals surface area contributed by atoms with E-state index in [-0.39, 0.29) is 6.10 Å². The van der Waals surface area contributed by atoms with Crippen LogP contribution in [0.1, 0.15) is 13.8 Å². The maximum absolute atomic E-state index is 6.11. The van der Waals surface area contributed by atoms with Crippen LogP contribution in [-0.2, 0) is 0 Å². The summed E-state index contributed by atoms with van der Waals surface area (Å²) in [6.45, 7) is 8.76. The van der Waals surface area contributed by atoms with E-state index in [1.54, 1.807) is 0 Å². The highest BCUT2D eigenvalue weighted by atomic mass is 16.5. The summed E-state index contributed by atoms with van der Waals surface area (Å²) in [4.78, 5) is 5.00. The van der Waals surface area contributed by atoms with Gasteiger partial charge < -0.3 is 10.1 Å². The molecule has 4 heteroatoms. The molecule has 110 valence electrons. The number of nitrogens with zero attached hydrogens (tertiary/aromatic N) is 2. The molecular weight excluding hydrogens is 250 g/mol. The van der Waals surface area contributed by atoms with Crippen LogP contribution in [0.2, 0.25) is 0 Å². The lowest BCUT2D eigenvalue weighted by Crippen LogP contribution is -2.57. The zero-order chi connectivity index (χ0) is 14.1. The maximum atomic E-state index is 6.11. The van der Waals surface area contributed by atoms with Crippen molar-refractivity contribution >= 4 is 5.69 Å². The molecule has 4 nitrogen and oxygen atoms in total. The molecule has 2 aliphatic heterocycles. The minimum absolute atomic E-state index is 0.243. The second-order valence-electron chi connectivity index (χ2n) is 6.20. The lowest BCUT2D eigenvalue weighted by molar-refractivity contribution is 0.0360. The predicted molar refractivity (Wildman–Crippen MR) is 82.5 cm³/mol. The number of fused-ring (bicyclic) bond motifs is 1. The monoisotopic (exact) mass is 275 g/mol. The molecule has 3 rings (SSSR count). The van der Waals surface area contributed by atoms with Crippen LogP contribution in [0.5, 0.6) is 5.75 Å². The Hall–Kier alpha value is -1.26. The zero-order valence-corrected chi connectivity index (χ0v) is 12.7. The fourth-order valence-electron chi connectivity index (χ4n) is 3.21. The van der Waals surface area contributed by atoms with E-state index in [4.69, 9.17) is 4.74 Å². The Morgan fingerprint density at radius 2 is 1.90 bits per heavy atom. The van der Waals surface area contributed by atoms with Gasteiger partial charge in [0.15, 0.2) is 0 Å². The van der Waals surface area contributed by atoms with Crippen LogP contribution in [0.15, 0.2) is 24.3 Å². The molecule has 3 atom stereocenters. The van der Waals surface area contributed by atoms with E-state index in [1.165, 1.54) is 0 Å². The van der Waals surface area contributed by atoms with Crippen molar-refractivity contribution in [3.8, 4) is 5.75 Å². The molecule has 0 spiro atoms. The highest BCUT2D eigenvalue weighted by molar-refractivity contribution is 5.57. The van der Waals surface area contributed by atoms with Crippen LogP contribution in [0.4, 0.5) is 5.69 Å². The van der Waals surface area contributed by atoms with Crippen molar-refractivity contribution in [3.05, 3.63) is 24.3 Å². The molecule has 0 radical (unpaired) electrons. The summed E-state index contributed by atoms with van der Waals surface area (Å²) in [6, 6.07) is 9.42. The molecule has 1 saturated heterocycles. The highest BCUT2D eigenvalue weighted by Crippen LogP contribution is 2.28. The van der Waals surface area contributed by atoms with Crippen molar-refractivity contribution in [1.29, 1.82) is 0 Å². The molecule has 0 saturated carbocycles. The van der Waals surface area contributed by atoms with E-state index in [1.807, 2.05) is 18.2 Å². The number of ether oxygens (including phenoxy) is 1. The molecule has 20 heavy (non-hydrogen) atoms. The number of nitrogens with one attached hydrogen (secondary N) is 1. The largest absolute Gasteiger partial charge is 0.485 e. The van der Waals surface area contributed by atoms with Crippen LogP contribution in [-0.4, -0.2) is 61.2 Å². The predicted octanol–water partition coefficient (Wildman–Crippen LogP) is 1.88. The molecule has 0 aromatic heterocycles. The van der Waals surface area contributed by atoms with E-state index >= 15 is 0 Å². The van der Waals surface area contributed by atoms with Crippen LogP contribution in [0.3, 0.4) is 0 Å². The van der Waals surface area contributed by atoms with Gasteiger partial charge in [-0.3, -0.25) is 9.80 Å². The summed E-state index contributed by atoms with van der Waals surface area (Å²) < 4.78 is 6.11. The molecule has 2 heterocycles. The number of rotatable bonds is 2. The average molecular weight is 275 g/mol. The summed E-state index contributed by atoms with van der Waals surface area (Å²) in [5.74, 6) is 0.985. The van der Waals surface area contributed by atoms with Crippen molar-refractivity contribution in [2.45, 2.75) is 32.0 Å². The molecule has 2 aliphatic rings. The first-order valence-corrected chi connectivity index (χ1v) is 7.57. The van der Waals surface area contributed by atoms with Crippen LogP contribution >= 0.6 is 0 Å². The number of hydrogen-bond donors (Lipinski definition) is 1. The molecule has 1 fully saturated rings. The third-order valence-electron chi connectivity index (χ3n) is 4.60. The van der Waals surface area contributed by atoms with E-state index in [9.17, 15) is 0 Å². The van der Waals surface area contributed by atoms with E-state index in [0.717, 1.165) is 37.6 Å². The van der Waals surface area contributed by atoms with Crippen LogP contribution in [0.25, 0.3) is 0 Å². The number of para-hydroxylation sites is 2. The number of hydrogen-bond acceptors (Lipinski definition) is 4. The molecule has 3 unspecified atom stereocenters. The number of likely N-dealkylation sites (N-methyl/N-ethyl adjacent to an activating group) is 1. The first kappa shape index (κ1) is 13.7. The summed E-state index contributed by atoms with van der Waals surface area (Å²) in [6.07, 6.45) is 0.243. The second kappa shape index (κ2) is 5.62. The van der Waals surface area contributed by atoms with Gasteiger partial charge >= 0.3 is 0 Å². The fraction of sp³-hybridized carbons (Fsp3) is 0.625. The molecule has 0 amide bonds. The normalized spacial score (nSPS) is 31.2. The Morgan fingerprint density at radius 1 is 1.20 bits per heavy atom. The number of anilines is 1. The number of piperazine rings is 1. The van der Waals surface area contributed by atoms with Crippen molar-refractivity contribution < 1.29 is 4.74 Å². The zero-order valence-electron chi connectivity index (χ0n) is 12.7. The minimum Gasteiger partial charge on any atom is -0.485 e. The highest BCUT2D eigenvalue weighted by Gasteiger charge is 2.29. The molecule has 1 aromatic rings. The Bertz CT molecular complexity index is 453. The first-order valence-electron chi connectivity index (χ1n) is 7.57. The van der Waals surface area contributed by atoms with Crippen molar-refractivity contribution in [2.75, 3.05) is 38.5 Å². The van der Waals surface area contributed by atoms with Gasteiger partial charge in [0, 0.05) is 31.7 Å². The Labute approximate surface area is 121 Å². The fourth-order valence-corrected chi connectivity index (χ4v) is 3.21. The summed E-state index contributed by atoms with van der Waals surface area (Å²) in [5, 5.41) is 3.47. The standard InChI is InChI=1S/C16H25N3O/c1-12-9-19(10-13(2)18(12)3)11-14-8-17-15-6-4-5-7-16(15)20-14/h4-7,12-14,17H,8-11H2,1-3H3. The van der Waals surface area contributed by atoms with Gasteiger partial charge in [-0.05, 0) is 33.0 Å². The lowest BCUT2D eigenvalue weighted by atomic mass is 10.1. The third-order valence-corrected chi connectivity index (χ3v) is 4.60. The van der Waals surface area contributed by atoms with E-state index < -0.39 is 0 Å². The first-order chi connectivity index (χ1) is 9.63. The lowest BCUT2D eigenvalue weighted by Gasteiger charge is -2.43. The Balaban J connectivity index is 1.60. The topological polar surface area (TPSA) is 27.7 Å². The van der Waals surface area contributed by atoms with Gasteiger partial charge in [-0.2, -0.15) is 0 Å². The van der Waals surface area contributed by atoms with E-state index in [0.29, 0.717) is 12.1 Å². The SMILES string of the molecule is CC1CN(CC2CNc3ccccc3O2)CC(C)N1C. The van der Waals surface area contributed by atoms with Gasteiger partial charge in [0.1, 0.15) is 11.9 Å². The third kappa shape index (κ3) is 2.76. The van der Waals surface area contributed by atoms with Gasteiger partial charge in [-0.15, -0.1) is 0 Å². The van der Waals surface area contributed by atoms with Crippen molar-refractivity contribution in [1.82, 2.24) is 9.80 Å². The van der Waals surface area contributed by atoms with Gasteiger partial charge in [0.25, 0.3) is 0 Å². The maximum Gasteiger partial charge on any atom is 0.142 e. The summed E-state index contributed by atoms with van der Waals surface area (Å²) in [5.41, 5.74) is 1.11. The van der Waals surface area contributed by atoms with Gasteiger partial charge in [-0.1, -0.05) is 12.1 Å². The van der Waals surface area contributed by atoms with E-state index in [2.05, 4.69) is 42.1 Å². The van der Waals surface area contributed by atoms with Gasteiger partial charge in [-0.25, -0.2) is 0 Å². The number of benzene rings is 1. The Morgan fingerprint density at radius 3 is 2.65 bits per heavy atom. The summed E-state index contributed by atoms with van der Waals surface area (Å²) >= 11 is 0. The van der Waals surface area contributed by atoms with Crippen molar-refractivity contribution in [2.24, 2.45) is 0 Å². The molecule has 0 aliphatic carbocycles. The van der Waals surface area contributed by atoms with Crippen LogP contribution in [0, 0.1) is 0 Å². The molecule has 1 aromatic carbocycles. The minimum atomic E-state index is 0.243. The van der Waals surface area contributed by atoms with Gasteiger partial charge in [0.05, 0.1) is 12.2 Å². The second-order valence-corrected chi connectivity index (χ2v) is 6.20. The van der Waals surface area contributed by atoms with Gasteiger partial charge in [0.2, 0.25) is 0 Å². The molecule has 1 N–H and O–H groups in total. The summed E-state index contributed by atoms with van der Waals surface area (Å²) in [7, 11) is 2.22. The Kier molecular flexibility index (Phi) is 3.85.